The second-order valence-electron chi connectivity index (χ2n) is 7.74. The van der Waals surface area contributed by atoms with Crippen LogP contribution in [0.1, 0.15) is 38.2 Å². The van der Waals surface area contributed by atoms with Gasteiger partial charge in [0.25, 0.3) is 5.82 Å². The molecule has 0 unspecified atom stereocenters. The van der Waals surface area contributed by atoms with Crippen LogP contribution in [0, 0.1) is 5.92 Å². The van der Waals surface area contributed by atoms with Gasteiger partial charge in [0.1, 0.15) is 12.4 Å². The summed E-state index contributed by atoms with van der Waals surface area (Å²) in [6, 6.07) is 3.02. The predicted molar refractivity (Wildman–Crippen MR) is 116 cm³/mol. The SMILES string of the molecule is CCN(C(C)=O)c1nc(COC(=O)C2CCN(c3ccc4nnc(C(F)(F)F)n4n3)CC2)cs1. The lowest BCUT2D eigenvalue weighted by atomic mass is 9.97. The Balaban J connectivity index is 1.33. The molecule has 4 heterocycles. The molecule has 3 aromatic heterocycles. The zero-order chi connectivity index (χ0) is 24.5. The molecule has 0 N–H and O–H groups in total. The lowest BCUT2D eigenvalue weighted by Gasteiger charge is -2.31. The minimum Gasteiger partial charge on any atom is -0.459 e. The molecule has 1 aliphatic heterocycles. The van der Waals surface area contributed by atoms with Crippen LogP contribution in [0.3, 0.4) is 0 Å². The van der Waals surface area contributed by atoms with Crippen molar-refractivity contribution in [3.8, 4) is 0 Å². The van der Waals surface area contributed by atoms with Gasteiger partial charge in [-0.25, -0.2) is 4.98 Å². The zero-order valence-corrected chi connectivity index (χ0v) is 19.3. The van der Waals surface area contributed by atoms with Gasteiger partial charge in [-0.05, 0) is 31.9 Å². The number of piperidine rings is 1. The molecule has 0 atom stereocenters. The van der Waals surface area contributed by atoms with Crippen molar-refractivity contribution in [2.45, 2.75) is 39.5 Å². The monoisotopic (exact) mass is 497 g/mol. The van der Waals surface area contributed by atoms with Gasteiger partial charge in [-0.2, -0.15) is 17.7 Å². The van der Waals surface area contributed by atoms with E-state index in [0.29, 0.717) is 53.6 Å². The van der Waals surface area contributed by atoms with Crippen LogP contribution in [0.2, 0.25) is 0 Å². The molecule has 0 saturated carbocycles. The van der Waals surface area contributed by atoms with E-state index in [4.69, 9.17) is 4.74 Å². The molecule has 1 aliphatic rings. The Bertz CT molecular complexity index is 1190. The van der Waals surface area contributed by atoms with Crippen molar-refractivity contribution in [1.29, 1.82) is 0 Å². The Morgan fingerprint density at radius 3 is 2.62 bits per heavy atom. The summed E-state index contributed by atoms with van der Waals surface area (Å²) in [7, 11) is 0. The maximum Gasteiger partial charge on any atom is 0.453 e. The quantitative estimate of drug-likeness (QED) is 0.479. The number of thiazole rings is 1. The maximum absolute atomic E-state index is 13.1. The van der Waals surface area contributed by atoms with E-state index in [0.717, 1.165) is 0 Å². The fourth-order valence-electron chi connectivity index (χ4n) is 3.71. The number of amides is 1. The highest BCUT2D eigenvalue weighted by Gasteiger charge is 2.38. The van der Waals surface area contributed by atoms with Crippen molar-refractivity contribution in [3.63, 3.8) is 0 Å². The van der Waals surface area contributed by atoms with Crippen molar-refractivity contribution in [2.75, 3.05) is 29.4 Å². The van der Waals surface area contributed by atoms with Crippen LogP contribution < -0.4 is 9.80 Å². The zero-order valence-electron chi connectivity index (χ0n) is 18.4. The predicted octanol–water partition coefficient (Wildman–Crippen LogP) is 2.93. The van der Waals surface area contributed by atoms with Gasteiger partial charge in [0.2, 0.25) is 5.91 Å². The second kappa shape index (κ2) is 9.52. The molecule has 1 saturated heterocycles. The molecule has 10 nitrogen and oxygen atoms in total. The number of alkyl halides is 3. The molecule has 0 aliphatic carbocycles. The summed E-state index contributed by atoms with van der Waals surface area (Å²) in [6.07, 6.45) is -3.72. The van der Waals surface area contributed by atoms with Crippen LogP contribution in [-0.2, 0) is 27.1 Å². The smallest absolute Gasteiger partial charge is 0.453 e. The fourth-order valence-corrected chi connectivity index (χ4v) is 4.63. The number of rotatable bonds is 6. The van der Waals surface area contributed by atoms with Gasteiger partial charge in [-0.3, -0.25) is 14.5 Å². The van der Waals surface area contributed by atoms with Crippen molar-refractivity contribution in [1.82, 2.24) is 24.8 Å². The molecule has 0 radical (unpaired) electrons. The van der Waals surface area contributed by atoms with Crippen LogP contribution in [0.15, 0.2) is 17.5 Å². The first-order chi connectivity index (χ1) is 16.2. The molecule has 14 heteroatoms. The van der Waals surface area contributed by atoms with E-state index in [2.05, 4.69) is 20.3 Å². The Morgan fingerprint density at radius 2 is 1.97 bits per heavy atom. The minimum atomic E-state index is -4.67. The summed E-state index contributed by atoms with van der Waals surface area (Å²) in [5.74, 6) is -1.62. The number of fused-ring (bicyclic) bond motifs is 1. The van der Waals surface area contributed by atoms with E-state index in [-0.39, 0.29) is 30.0 Å². The van der Waals surface area contributed by atoms with Gasteiger partial charge in [0.05, 0.1) is 11.6 Å². The molecule has 3 aromatic rings. The molecule has 0 spiro atoms. The first-order valence-electron chi connectivity index (χ1n) is 10.6. The van der Waals surface area contributed by atoms with Crippen LogP contribution >= 0.6 is 11.3 Å². The highest BCUT2D eigenvalue weighted by atomic mass is 32.1. The van der Waals surface area contributed by atoms with E-state index in [9.17, 15) is 22.8 Å². The standard InChI is InChI=1S/C20H22F3N7O3S/c1-3-29(12(2)31)19-24-14(11-34-19)10-33-17(32)13-6-8-28(9-7-13)16-5-4-15-25-26-18(20(21,22)23)30(15)27-16/h4-5,11,13H,3,6-10H2,1-2H3. The van der Waals surface area contributed by atoms with E-state index < -0.39 is 12.0 Å². The highest BCUT2D eigenvalue weighted by Crippen LogP contribution is 2.29. The number of esters is 1. The van der Waals surface area contributed by atoms with Crippen molar-refractivity contribution in [2.24, 2.45) is 5.92 Å². The van der Waals surface area contributed by atoms with Crippen LogP contribution in [0.4, 0.5) is 24.1 Å². The Labute approximate surface area is 196 Å². The van der Waals surface area contributed by atoms with Crippen molar-refractivity contribution < 1.29 is 27.5 Å². The van der Waals surface area contributed by atoms with E-state index in [1.807, 2.05) is 11.8 Å². The number of carbonyl (C=O) groups is 2. The van der Waals surface area contributed by atoms with Crippen LogP contribution in [-0.4, -0.2) is 56.3 Å². The number of aromatic nitrogens is 5. The topological polar surface area (TPSA) is 106 Å². The number of hydrogen-bond donors (Lipinski definition) is 0. The van der Waals surface area contributed by atoms with Gasteiger partial charge < -0.3 is 9.64 Å². The number of ether oxygens (including phenoxy) is 1. The molecule has 1 amide bonds. The molecule has 0 bridgehead atoms. The van der Waals surface area contributed by atoms with Gasteiger partial charge in [-0.15, -0.1) is 26.6 Å². The summed E-state index contributed by atoms with van der Waals surface area (Å²) in [5.41, 5.74) is 0.572. The maximum atomic E-state index is 13.1. The van der Waals surface area contributed by atoms with Crippen molar-refractivity contribution in [3.05, 3.63) is 29.0 Å². The number of carbonyl (C=O) groups excluding carboxylic acids is 2. The van der Waals surface area contributed by atoms with Gasteiger partial charge >= 0.3 is 12.1 Å². The first kappa shape index (κ1) is 23.9. The Kier molecular flexibility index (Phi) is 6.68. The first-order valence-corrected chi connectivity index (χ1v) is 11.5. The third-order valence-electron chi connectivity index (χ3n) is 5.48. The largest absolute Gasteiger partial charge is 0.459 e. The minimum absolute atomic E-state index is 0.00472. The lowest BCUT2D eigenvalue weighted by molar-refractivity contribution is -0.150. The summed E-state index contributed by atoms with van der Waals surface area (Å²) in [6.45, 7) is 4.70. The molecule has 34 heavy (non-hydrogen) atoms. The van der Waals surface area contributed by atoms with Crippen LogP contribution in [0.5, 0.6) is 0 Å². The molecular formula is C20H22F3N7O3S. The van der Waals surface area contributed by atoms with Crippen LogP contribution in [0.25, 0.3) is 5.65 Å². The number of halogens is 3. The highest BCUT2D eigenvalue weighted by molar-refractivity contribution is 7.14. The van der Waals surface area contributed by atoms with Gasteiger partial charge in [-0.1, -0.05) is 0 Å². The lowest BCUT2D eigenvalue weighted by Crippen LogP contribution is -2.37. The second-order valence-corrected chi connectivity index (χ2v) is 8.57. The normalized spacial score (nSPS) is 15.0. The van der Waals surface area contributed by atoms with E-state index in [1.165, 1.54) is 29.2 Å². The van der Waals surface area contributed by atoms with E-state index >= 15 is 0 Å². The Morgan fingerprint density at radius 1 is 1.24 bits per heavy atom. The summed E-state index contributed by atoms with van der Waals surface area (Å²) in [4.78, 5) is 31.9. The summed E-state index contributed by atoms with van der Waals surface area (Å²) >= 11 is 1.31. The molecular weight excluding hydrogens is 475 g/mol. The van der Waals surface area contributed by atoms with E-state index in [1.54, 1.807) is 11.4 Å². The average molecular weight is 498 g/mol. The molecule has 182 valence electrons. The molecule has 4 rings (SSSR count). The van der Waals surface area contributed by atoms with Gasteiger partial charge in [0.15, 0.2) is 10.8 Å². The third kappa shape index (κ3) is 4.95. The average Bonchev–Trinajstić information content (AvgIpc) is 3.44. The van der Waals surface area contributed by atoms with Crippen molar-refractivity contribution >= 4 is 39.8 Å². The number of nitrogens with zero attached hydrogens (tertiary/aromatic N) is 7. The number of hydrogen-bond acceptors (Lipinski definition) is 9. The van der Waals surface area contributed by atoms with Gasteiger partial charge in [0, 0.05) is 31.9 Å². The summed E-state index contributed by atoms with van der Waals surface area (Å²) in [5, 5.41) is 13.0. The molecule has 1 fully saturated rings. The molecule has 0 aromatic carbocycles. The summed E-state index contributed by atoms with van der Waals surface area (Å²) < 4.78 is 45.4. The Hall–Kier alpha value is -3.29. The number of anilines is 2. The fraction of sp³-hybridized carbons (Fsp3) is 0.500. The third-order valence-corrected chi connectivity index (χ3v) is 6.40.